The molecule has 210 valence electrons. The van der Waals surface area contributed by atoms with Gasteiger partial charge in [-0.05, 0) is 43.5 Å². The SMILES string of the molecule is CC(C)(C)c1nc([C@@H]2CCC(F)(F)C[C@H]2C(=O)NC2(C#N)CC2)c(-c2ccc(N3CCS(=O)(=O)CC3)cc2)o1. The Labute approximate surface area is 227 Å². The molecule has 0 radical (unpaired) electrons. The van der Waals surface area contributed by atoms with E-state index < -0.39 is 50.9 Å². The highest BCUT2D eigenvalue weighted by Gasteiger charge is 2.51. The van der Waals surface area contributed by atoms with Crippen LogP contribution in [0.4, 0.5) is 14.5 Å². The van der Waals surface area contributed by atoms with Gasteiger partial charge in [0.15, 0.2) is 15.6 Å². The smallest absolute Gasteiger partial charge is 0.249 e. The maximum Gasteiger partial charge on any atom is 0.249 e. The summed E-state index contributed by atoms with van der Waals surface area (Å²) in [6, 6.07) is 9.60. The first-order valence-electron chi connectivity index (χ1n) is 13.4. The Balaban J connectivity index is 1.49. The van der Waals surface area contributed by atoms with Gasteiger partial charge in [0.25, 0.3) is 0 Å². The number of nitriles is 1. The molecule has 1 N–H and O–H groups in total. The lowest BCUT2D eigenvalue weighted by Gasteiger charge is -2.35. The minimum Gasteiger partial charge on any atom is -0.440 e. The van der Waals surface area contributed by atoms with Crippen LogP contribution in [0.25, 0.3) is 11.3 Å². The molecule has 5 rings (SSSR count). The average Bonchev–Trinajstić information content (AvgIpc) is 3.49. The number of benzene rings is 1. The zero-order valence-electron chi connectivity index (χ0n) is 22.5. The highest BCUT2D eigenvalue weighted by atomic mass is 32.2. The maximum absolute atomic E-state index is 14.6. The van der Waals surface area contributed by atoms with E-state index in [-0.39, 0.29) is 24.3 Å². The van der Waals surface area contributed by atoms with Crippen molar-refractivity contribution in [3.8, 4) is 17.4 Å². The van der Waals surface area contributed by atoms with Crippen LogP contribution in [-0.4, -0.2) is 55.4 Å². The summed E-state index contributed by atoms with van der Waals surface area (Å²) in [6.07, 6.45) is 0.120. The summed E-state index contributed by atoms with van der Waals surface area (Å²) in [7, 11) is -3.00. The molecule has 2 heterocycles. The van der Waals surface area contributed by atoms with Crippen molar-refractivity contribution < 1.29 is 26.4 Å². The Morgan fingerprint density at radius 3 is 2.36 bits per heavy atom. The van der Waals surface area contributed by atoms with Gasteiger partial charge in [-0.15, -0.1) is 0 Å². The number of alkyl halides is 2. The van der Waals surface area contributed by atoms with Gasteiger partial charge in [0.1, 0.15) is 5.54 Å². The van der Waals surface area contributed by atoms with Gasteiger partial charge in [-0.2, -0.15) is 5.26 Å². The molecule has 3 aliphatic rings. The quantitative estimate of drug-likeness (QED) is 0.570. The number of hydrogen-bond acceptors (Lipinski definition) is 7. The van der Waals surface area contributed by atoms with Crippen molar-refractivity contribution in [3.63, 3.8) is 0 Å². The van der Waals surface area contributed by atoms with Crippen molar-refractivity contribution in [2.24, 2.45) is 5.92 Å². The monoisotopic (exact) mass is 560 g/mol. The van der Waals surface area contributed by atoms with Crippen molar-refractivity contribution >= 4 is 21.4 Å². The van der Waals surface area contributed by atoms with Crippen LogP contribution in [0.15, 0.2) is 28.7 Å². The molecule has 2 aromatic rings. The summed E-state index contributed by atoms with van der Waals surface area (Å²) < 4.78 is 59.1. The largest absolute Gasteiger partial charge is 0.440 e. The van der Waals surface area contributed by atoms with Crippen molar-refractivity contribution in [2.75, 3.05) is 29.5 Å². The molecule has 0 unspecified atom stereocenters. The third-order valence-electron chi connectivity index (χ3n) is 7.97. The molecule has 0 bridgehead atoms. The summed E-state index contributed by atoms with van der Waals surface area (Å²) in [4.78, 5) is 20.1. The molecule has 0 spiro atoms. The van der Waals surface area contributed by atoms with E-state index >= 15 is 0 Å². The Kier molecular flexibility index (Phi) is 6.77. The fraction of sp³-hybridized carbons (Fsp3) is 0.607. The Hall–Kier alpha value is -3.00. The van der Waals surface area contributed by atoms with E-state index in [1.54, 1.807) is 0 Å². The van der Waals surface area contributed by atoms with Crippen molar-refractivity contribution in [2.45, 2.75) is 75.7 Å². The third kappa shape index (κ3) is 5.81. The Bertz CT molecular complexity index is 1390. The summed E-state index contributed by atoms with van der Waals surface area (Å²) in [6.45, 7) is 6.68. The zero-order valence-corrected chi connectivity index (χ0v) is 23.3. The number of sulfone groups is 1. The van der Waals surface area contributed by atoms with Crippen molar-refractivity contribution in [1.82, 2.24) is 10.3 Å². The molecule has 8 nitrogen and oxygen atoms in total. The number of nitrogens with one attached hydrogen (secondary N) is 1. The molecule has 2 saturated carbocycles. The zero-order chi connectivity index (χ0) is 28.2. The van der Waals surface area contributed by atoms with E-state index in [4.69, 9.17) is 9.40 Å². The molecular weight excluding hydrogens is 526 g/mol. The highest BCUT2D eigenvalue weighted by Crippen LogP contribution is 2.48. The second kappa shape index (κ2) is 9.58. The lowest BCUT2D eigenvalue weighted by molar-refractivity contribution is -0.134. The van der Waals surface area contributed by atoms with Gasteiger partial charge in [0, 0.05) is 48.5 Å². The van der Waals surface area contributed by atoms with Crippen LogP contribution >= 0.6 is 0 Å². The van der Waals surface area contributed by atoms with Gasteiger partial charge < -0.3 is 14.6 Å². The molecule has 1 aliphatic heterocycles. The predicted molar refractivity (Wildman–Crippen MR) is 142 cm³/mol. The molecule has 1 aromatic heterocycles. The number of nitrogens with zero attached hydrogens (tertiary/aromatic N) is 3. The topological polar surface area (TPSA) is 116 Å². The van der Waals surface area contributed by atoms with Crippen LogP contribution in [0.2, 0.25) is 0 Å². The number of amides is 1. The molecule has 1 amide bonds. The lowest BCUT2D eigenvalue weighted by Crippen LogP contribution is -2.45. The highest BCUT2D eigenvalue weighted by molar-refractivity contribution is 7.91. The van der Waals surface area contributed by atoms with Gasteiger partial charge in [0.05, 0.1) is 29.2 Å². The molecular formula is C28H34F2N4O4S. The number of carbonyl (C=O) groups excluding carboxylic acids is 1. The number of oxazole rings is 1. The van der Waals surface area contributed by atoms with E-state index in [9.17, 15) is 27.3 Å². The normalized spacial score (nSPS) is 25.5. The van der Waals surface area contributed by atoms with Crippen LogP contribution in [0.3, 0.4) is 0 Å². The number of carbonyl (C=O) groups is 1. The summed E-state index contributed by atoms with van der Waals surface area (Å²) in [5.41, 5.74) is 0.650. The standard InChI is InChI=1S/C28H34F2N4O4S/c1-26(2,3)25-32-22(20-8-9-28(29,30)16-21(20)24(35)33-27(17-31)10-11-27)23(38-25)18-4-6-19(7-5-18)34-12-14-39(36,37)15-13-34/h4-7,20-21H,8-16H2,1-3H3,(H,33,35)/t20-,21-/m1/s1. The predicted octanol–water partition coefficient (Wildman–Crippen LogP) is 4.57. The molecule has 3 fully saturated rings. The van der Waals surface area contributed by atoms with Gasteiger partial charge in [-0.25, -0.2) is 22.2 Å². The van der Waals surface area contributed by atoms with Crippen molar-refractivity contribution in [1.29, 1.82) is 5.26 Å². The third-order valence-corrected chi connectivity index (χ3v) is 9.58. The number of anilines is 1. The van der Waals surface area contributed by atoms with Crippen molar-refractivity contribution in [3.05, 3.63) is 35.9 Å². The fourth-order valence-electron chi connectivity index (χ4n) is 5.36. The van der Waals surface area contributed by atoms with E-state index in [1.165, 1.54) is 0 Å². The van der Waals surface area contributed by atoms with Crippen LogP contribution in [0, 0.1) is 17.2 Å². The first-order valence-corrected chi connectivity index (χ1v) is 15.2. The van der Waals surface area contributed by atoms with Crippen LogP contribution in [-0.2, 0) is 20.0 Å². The fourth-order valence-corrected chi connectivity index (χ4v) is 6.56. The minimum atomic E-state index is -3.00. The number of halogens is 2. The number of hydrogen-bond donors (Lipinski definition) is 1. The van der Waals surface area contributed by atoms with Crippen LogP contribution in [0.5, 0.6) is 0 Å². The second-order valence-electron chi connectivity index (χ2n) is 12.2. The molecule has 1 aromatic carbocycles. The van der Waals surface area contributed by atoms with Crippen LogP contribution < -0.4 is 10.2 Å². The molecule has 2 atom stereocenters. The van der Waals surface area contributed by atoms with E-state index in [2.05, 4.69) is 11.4 Å². The van der Waals surface area contributed by atoms with E-state index in [0.29, 0.717) is 48.8 Å². The number of aromatic nitrogens is 1. The first kappa shape index (κ1) is 27.6. The molecule has 1 saturated heterocycles. The van der Waals surface area contributed by atoms with Gasteiger partial charge in [0.2, 0.25) is 17.7 Å². The molecule has 39 heavy (non-hydrogen) atoms. The van der Waals surface area contributed by atoms with Gasteiger partial charge >= 0.3 is 0 Å². The van der Waals surface area contributed by atoms with Crippen LogP contribution in [0.1, 0.15) is 70.4 Å². The Morgan fingerprint density at radius 2 is 1.79 bits per heavy atom. The molecule has 2 aliphatic carbocycles. The van der Waals surface area contributed by atoms with E-state index in [0.717, 1.165) is 5.69 Å². The minimum absolute atomic E-state index is 0.0636. The first-order chi connectivity index (χ1) is 18.2. The summed E-state index contributed by atoms with van der Waals surface area (Å²) >= 11 is 0. The summed E-state index contributed by atoms with van der Waals surface area (Å²) in [5, 5.41) is 12.2. The average molecular weight is 561 g/mol. The van der Waals surface area contributed by atoms with Gasteiger partial charge in [-0.1, -0.05) is 20.8 Å². The maximum atomic E-state index is 14.6. The van der Waals surface area contributed by atoms with Gasteiger partial charge in [-0.3, -0.25) is 4.79 Å². The van der Waals surface area contributed by atoms with E-state index in [1.807, 2.05) is 49.9 Å². The summed E-state index contributed by atoms with van der Waals surface area (Å²) in [5.74, 6) is -4.06. The second-order valence-corrected chi connectivity index (χ2v) is 14.5. The lowest BCUT2D eigenvalue weighted by atomic mass is 9.74. The Morgan fingerprint density at radius 1 is 1.15 bits per heavy atom. The number of rotatable bonds is 5. The molecule has 11 heteroatoms.